The van der Waals surface area contributed by atoms with Gasteiger partial charge in [-0.3, -0.25) is 0 Å². The Kier molecular flexibility index (Phi) is 7.06. The maximum Gasteiger partial charge on any atom is 0.0894 e. The van der Waals surface area contributed by atoms with Gasteiger partial charge in [0.2, 0.25) is 0 Å². The molecule has 1 saturated carbocycles. The van der Waals surface area contributed by atoms with Crippen LogP contribution in [0, 0.1) is 0 Å². The van der Waals surface area contributed by atoms with Crippen molar-refractivity contribution in [1.82, 2.24) is 4.90 Å². The van der Waals surface area contributed by atoms with E-state index in [1.807, 2.05) is 11.8 Å². The van der Waals surface area contributed by atoms with E-state index in [1.54, 1.807) is 11.3 Å². The first-order chi connectivity index (χ1) is 10.1. The molecule has 2 nitrogen and oxygen atoms in total. The Labute approximate surface area is 137 Å². The van der Waals surface area contributed by atoms with E-state index >= 15 is 0 Å². The lowest BCUT2D eigenvalue weighted by molar-refractivity contribution is 0.127. The van der Waals surface area contributed by atoms with Gasteiger partial charge < -0.3 is 10.0 Å². The molecule has 1 unspecified atom stereocenters. The van der Waals surface area contributed by atoms with Crippen molar-refractivity contribution in [3.05, 3.63) is 17.0 Å². The fourth-order valence-corrected chi connectivity index (χ4v) is 5.41. The maximum atomic E-state index is 10.4. The Morgan fingerprint density at radius 2 is 2.00 bits per heavy atom. The molecule has 0 radical (unpaired) electrons. The number of aliphatic hydroxyl groups is 1. The SMILES string of the molecule is CC(C)Sc1ccc(C(O)CCN(C)C2CCCCC2)s1. The average molecular weight is 328 g/mol. The molecule has 0 bridgehead atoms. The van der Waals surface area contributed by atoms with Gasteiger partial charge in [0.05, 0.1) is 10.3 Å². The van der Waals surface area contributed by atoms with E-state index < -0.39 is 0 Å². The van der Waals surface area contributed by atoms with Crippen molar-refractivity contribution >= 4 is 23.1 Å². The normalized spacial score (nSPS) is 18.6. The minimum atomic E-state index is -0.303. The minimum absolute atomic E-state index is 0.303. The molecular weight excluding hydrogens is 298 g/mol. The topological polar surface area (TPSA) is 23.5 Å². The van der Waals surface area contributed by atoms with E-state index in [2.05, 4.69) is 37.9 Å². The molecule has 2 rings (SSSR count). The van der Waals surface area contributed by atoms with Gasteiger partial charge in [0.1, 0.15) is 0 Å². The lowest BCUT2D eigenvalue weighted by atomic mass is 9.94. The maximum absolute atomic E-state index is 10.4. The molecule has 1 aliphatic rings. The Bertz CT molecular complexity index is 413. The molecule has 1 aromatic heterocycles. The minimum Gasteiger partial charge on any atom is -0.388 e. The van der Waals surface area contributed by atoms with Crippen molar-refractivity contribution in [1.29, 1.82) is 0 Å². The monoisotopic (exact) mass is 327 g/mol. The number of rotatable bonds is 7. The van der Waals surface area contributed by atoms with Gasteiger partial charge in [-0.25, -0.2) is 0 Å². The number of thiophene rings is 1. The van der Waals surface area contributed by atoms with E-state index in [0.717, 1.165) is 23.9 Å². The summed E-state index contributed by atoms with van der Waals surface area (Å²) in [4.78, 5) is 3.58. The molecular formula is C17H29NOS2. The van der Waals surface area contributed by atoms with Crippen LogP contribution in [0.4, 0.5) is 0 Å². The second-order valence-electron chi connectivity index (χ2n) is 6.40. The Morgan fingerprint density at radius 1 is 1.29 bits per heavy atom. The molecule has 120 valence electrons. The summed E-state index contributed by atoms with van der Waals surface area (Å²) in [6.45, 7) is 5.41. The molecule has 0 aromatic carbocycles. The summed E-state index contributed by atoms with van der Waals surface area (Å²) in [5, 5.41) is 11.0. The highest BCUT2D eigenvalue weighted by molar-refractivity contribution is 8.01. The predicted octanol–water partition coefficient (Wildman–Crippen LogP) is 4.94. The van der Waals surface area contributed by atoms with E-state index in [-0.39, 0.29) is 6.10 Å². The van der Waals surface area contributed by atoms with Gasteiger partial charge in [-0.1, -0.05) is 33.1 Å². The average Bonchev–Trinajstić information content (AvgIpc) is 2.93. The molecule has 1 N–H and O–H groups in total. The van der Waals surface area contributed by atoms with Crippen LogP contribution in [-0.4, -0.2) is 34.9 Å². The van der Waals surface area contributed by atoms with Gasteiger partial charge in [-0.2, -0.15) is 0 Å². The third-order valence-corrected chi connectivity index (χ3v) is 6.60. The molecule has 1 heterocycles. The smallest absolute Gasteiger partial charge is 0.0894 e. The highest BCUT2D eigenvalue weighted by Gasteiger charge is 2.19. The van der Waals surface area contributed by atoms with Crippen molar-refractivity contribution < 1.29 is 5.11 Å². The van der Waals surface area contributed by atoms with Gasteiger partial charge in [0.25, 0.3) is 0 Å². The van der Waals surface area contributed by atoms with Crippen LogP contribution in [0.5, 0.6) is 0 Å². The first kappa shape index (κ1) is 17.3. The van der Waals surface area contributed by atoms with Gasteiger partial charge in [0.15, 0.2) is 0 Å². The fourth-order valence-electron chi connectivity index (χ4n) is 2.98. The van der Waals surface area contributed by atoms with Gasteiger partial charge in [0, 0.05) is 22.7 Å². The quantitative estimate of drug-likeness (QED) is 0.718. The molecule has 0 saturated heterocycles. The van der Waals surface area contributed by atoms with Crippen LogP contribution >= 0.6 is 23.1 Å². The zero-order valence-electron chi connectivity index (χ0n) is 13.5. The predicted molar refractivity (Wildman–Crippen MR) is 94.4 cm³/mol. The van der Waals surface area contributed by atoms with Crippen LogP contribution in [-0.2, 0) is 0 Å². The summed E-state index contributed by atoms with van der Waals surface area (Å²) in [6.07, 6.45) is 7.36. The number of nitrogens with zero attached hydrogens (tertiary/aromatic N) is 1. The van der Waals surface area contributed by atoms with Gasteiger partial charge in [-0.15, -0.1) is 23.1 Å². The van der Waals surface area contributed by atoms with Gasteiger partial charge in [-0.05, 0) is 38.4 Å². The largest absolute Gasteiger partial charge is 0.388 e. The summed E-state index contributed by atoms with van der Waals surface area (Å²) in [6, 6.07) is 4.99. The summed E-state index contributed by atoms with van der Waals surface area (Å²) >= 11 is 3.63. The van der Waals surface area contributed by atoms with Crippen LogP contribution in [0.2, 0.25) is 0 Å². The van der Waals surface area contributed by atoms with E-state index in [0.29, 0.717) is 5.25 Å². The summed E-state index contributed by atoms with van der Waals surface area (Å²) < 4.78 is 1.32. The molecule has 1 aliphatic carbocycles. The molecule has 0 aliphatic heterocycles. The van der Waals surface area contributed by atoms with Crippen molar-refractivity contribution in [3.8, 4) is 0 Å². The van der Waals surface area contributed by atoms with Crippen LogP contribution in [0.15, 0.2) is 16.3 Å². The first-order valence-corrected chi connectivity index (χ1v) is 9.90. The molecule has 0 spiro atoms. The lowest BCUT2D eigenvalue weighted by Crippen LogP contribution is -2.34. The second-order valence-corrected chi connectivity index (χ2v) is 9.39. The zero-order valence-corrected chi connectivity index (χ0v) is 15.2. The highest BCUT2D eigenvalue weighted by atomic mass is 32.2. The fraction of sp³-hybridized carbons (Fsp3) is 0.765. The molecule has 1 aromatic rings. The van der Waals surface area contributed by atoms with Crippen molar-refractivity contribution in [2.45, 2.75) is 74.0 Å². The summed E-state index contributed by atoms with van der Waals surface area (Å²) in [7, 11) is 2.22. The number of thioether (sulfide) groups is 1. The Hall–Kier alpha value is -0.0300. The van der Waals surface area contributed by atoms with Crippen molar-refractivity contribution in [2.24, 2.45) is 0 Å². The third-order valence-electron chi connectivity index (χ3n) is 4.24. The Morgan fingerprint density at radius 3 is 2.67 bits per heavy atom. The van der Waals surface area contributed by atoms with Gasteiger partial charge >= 0.3 is 0 Å². The summed E-state index contributed by atoms with van der Waals surface area (Å²) in [5.41, 5.74) is 0. The third kappa shape index (κ3) is 5.59. The molecule has 21 heavy (non-hydrogen) atoms. The number of aliphatic hydroxyl groups excluding tert-OH is 1. The molecule has 1 fully saturated rings. The first-order valence-electron chi connectivity index (χ1n) is 8.21. The van der Waals surface area contributed by atoms with Crippen LogP contribution in [0.1, 0.15) is 63.4 Å². The van der Waals surface area contributed by atoms with E-state index in [9.17, 15) is 5.11 Å². The highest BCUT2D eigenvalue weighted by Crippen LogP contribution is 2.34. The standard InChI is InChI=1S/C17H29NOS2/c1-13(2)20-17-10-9-16(21-17)15(19)11-12-18(3)14-7-5-4-6-8-14/h9-10,13-15,19H,4-8,11-12H2,1-3H3. The van der Waals surface area contributed by atoms with E-state index in [4.69, 9.17) is 0 Å². The Balaban J connectivity index is 1.78. The molecule has 4 heteroatoms. The van der Waals surface area contributed by atoms with Crippen molar-refractivity contribution in [2.75, 3.05) is 13.6 Å². The zero-order chi connectivity index (χ0) is 15.2. The second kappa shape index (κ2) is 8.56. The molecule has 1 atom stereocenters. The number of hydrogen-bond donors (Lipinski definition) is 1. The lowest BCUT2D eigenvalue weighted by Gasteiger charge is -2.31. The van der Waals surface area contributed by atoms with Crippen LogP contribution < -0.4 is 0 Å². The van der Waals surface area contributed by atoms with Crippen LogP contribution in [0.25, 0.3) is 0 Å². The number of hydrogen-bond acceptors (Lipinski definition) is 4. The van der Waals surface area contributed by atoms with E-state index in [1.165, 1.54) is 36.3 Å². The summed E-state index contributed by atoms with van der Waals surface area (Å²) in [5.74, 6) is 0. The van der Waals surface area contributed by atoms with Crippen molar-refractivity contribution in [3.63, 3.8) is 0 Å². The molecule has 0 amide bonds. The van der Waals surface area contributed by atoms with Crippen LogP contribution in [0.3, 0.4) is 0 Å².